The molecule has 0 amide bonds. The number of hydrogen-bond acceptors (Lipinski definition) is 4. The van der Waals surface area contributed by atoms with E-state index in [1.807, 2.05) is 36.4 Å². The number of ether oxygens (including phenoxy) is 1. The highest BCUT2D eigenvalue weighted by molar-refractivity contribution is 6.32. The first-order valence-corrected chi connectivity index (χ1v) is 12.9. The molecular formula is C30H29ClF3N3O3. The summed E-state index contributed by atoms with van der Waals surface area (Å²) >= 11 is 6.44. The summed E-state index contributed by atoms with van der Waals surface area (Å²) < 4.78 is 48.0. The number of benzene rings is 3. The van der Waals surface area contributed by atoms with Crippen LogP contribution in [0.2, 0.25) is 5.02 Å². The molecule has 1 unspecified atom stereocenters. The van der Waals surface area contributed by atoms with Crippen LogP contribution in [-0.4, -0.2) is 33.5 Å². The molecule has 0 radical (unpaired) electrons. The molecule has 210 valence electrons. The van der Waals surface area contributed by atoms with Gasteiger partial charge >= 0.3 is 12.1 Å². The van der Waals surface area contributed by atoms with Crippen LogP contribution in [0.5, 0.6) is 5.75 Å². The van der Waals surface area contributed by atoms with Crippen LogP contribution in [0.15, 0.2) is 79.0 Å². The van der Waals surface area contributed by atoms with Crippen LogP contribution in [0.3, 0.4) is 0 Å². The minimum absolute atomic E-state index is 0.235. The smallest absolute Gasteiger partial charge is 0.416 e. The van der Waals surface area contributed by atoms with Gasteiger partial charge in [0.25, 0.3) is 0 Å². The summed E-state index contributed by atoms with van der Waals surface area (Å²) in [5.74, 6) is -0.878. The molecular weight excluding hydrogens is 543 g/mol. The summed E-state index contributed by atoms with van der Waals surface area (Å²) in [7, 11) is 1.79. The minimum Gasteiger partial charge on any atom is -0.478 e. The monoisotopic (exact) mass is 571 g/mol. The number of carboxylic acid groups (broad SMARTS) is 1. The number of alkyl halides is 3. The molecule has 0 bridgehead atoms. The molecule has 0 saturated heterocycles. The van der Waals surface area contributed by atoms with Gasteiger partial charge in [-0.25, -0.2) is 9.48 Å². The number of nitrogens with zero attached hydrogens (tertiary/aromatic N) is 2. The summed E-state index contributed by atoms with van der Waals surface area (Å²) in [5.41, 5.74) is 1.36. The van der Waals surface area contributed by atoms with E-state index in [1.165, 1.54) is 26.0 Å². The summed E-state index contributed by atoms with van der Waals surface area (Å²) in [6, 6.07) is 19.7. The van der Waals surface area contributed by atoms with Crippen molar-refractivity contribution in [1.29, 1.82) is 0 Å². The zero-order valence-electron chi connectivity index (χ0n) is 22.2. The van der Waals surface area contributed by atoms with Crippen molar-refractivity contribution in [3.05, 3.63) is 112 Å². The van der Waals surface area contributed by atoms with E-state index >= 15 is 0 Å². The summed E-state index contributed by atoms with van der Waals surface area (Å²) in [4.78, 5) is 11.4. The van der Waals surface area contributed by atoms with Crippen LogP contribution in [0, 0.1) is 0 Å². The maximum Gasteiger partial charge on any atom is 0.416 e. The zero-order chi connectivity index (χ0) is 29.1. The number of aliphatic carboxylic acids is 1. The lowest BCUT2D eigenvalue weighted by Gasteiger charge is -2.23. The highest BCUT2D eigenvalue weighted by Crippen LogP contribution is 2.34. The van der Waals surface area contributed by atoms with Crippen molar-refractivity contribution < 1.29 is 27.8 Å². The van der Waals surface area contributed by atoms with Gasteiger partial charge in [0, 0.05) is 24.4 Å². The van der Waals surface area contributed by atoms with Gasteiger partial charge in [0.05, 0.1) is 16.3 Å². The Hall–Kier alpha value is -3.82. The van der Waals surface area contributed by atoms with Gasteiger partial charge in [0.2, 0.25) is 0 Å². The molecule has 1 aromatic heterocycles. The van der Waals surface area contributed by atoms with Gasteiger partial charge in [-0.2, -0.15) is 18.3 Å². The number of halogens is 4. The van der Waals surface area contributed by atoms with Crippen molar-refractivity contribution in [3.63, 3.8) is 0 Å². The first-order chi connectivity index (χ1) is 18.9. The second kappa shape index (κ2) is 11.7. The van der Waals surface area contributed by atoms with Crippen LogP contribution >= 0.6 is 11.6 Å². The Balaban J connectivity index is 1.65. The van der Waals surface area contributed by atoms with Crippen LogP contribution in [-0.2, 0) is 23.8 Å². The quantitative estimate of drug-likeness (QED) is 0.217. The summed E-state index contributed by atoms with van der Waals surface area (Å²) in [6.45, 7) is 2.87. The van der Waals surface area contributed by atoms with Crippen molar-refractivity contribution in [2.24, 2.45) is 0 Å². The van der Waals surface area contributed by atoms with E-state index in [4.69, 9.17) is 16.3 Å². The molecule has 10 heteroatoms. The second-order valence-electron chi connectivity index (χ2n) is 9.89. The lowest BCUT2D eigenvalue weighted by molar-refractivity contribution is -0.152. The molecule has 3 aromatic carbocycles. The van der Waals surface area contributed by atoms with E-state index < -0.39 is 23.3 Å². The van der Waals surface area contributed by atoms with Crippen molar-refractivity contribution in [3.8, 4) is 11.4 Å². The molecule has 1 atom stereocenters. The fraction of sp³-hybridized carbons (Fsp3) is 0.267. The number of rotatable bonds is 10. The Bertz CT molecular complexity index is 1490. The highest BCUT2D eigenvalue weighted by atomic mass is 35.5. The van der Waals surface area contributed by atoms with E-state index in [-0.39, 0.29) is 16.8 Å². The Morgan fingerprint density at radius 2 is 1.80 bits per heavy atom. The molecule has 0 aliphatic carbocycles. The predicted octanol–water partition coefficient (Wildman–Crippen LogP) is 6.88. The lowest BCUT2D eigenvalue weighted by Crippen LogP contribution is -2.38. The molecule has 40 heavy (non-hydrogen) atoms. The molecule has 4 rings (SSSR count). The standard InChI is InChI=1S/C30H29ClF3N3O3/c1-29(2,28(38)39)40-27-12-9-20(17-24(27)31)25(35-3)18-23-13-14-36-37(23)26-11-10-22(30(32,33)34)16-21(26)15-19-7-5-4-6-8-19/h4-14,16-17,25,35H,15,18H2,1-3H3,(H,38,39). The zero-order valence-corrected chi connectivity index (χ0v) is 22.9. The SMILES string of the molecule is CNC(Cc1ccnn1-c1ccc(C(F)(F)F)cc1Cc1ccccc1)c1ccc(OC(C)(C)C(=O)O)c(Cl)c1. The molecule has 0 saturated carbocycles. The molecule has 0 aliphatic heterocycles. The van der Waals surface area contributed by atoms with Gasteiger partial charge in [-0.15, -0.1) is 0 Å². The average molecular weight is 572 g/mol. The maximum absolute atomic E-state index is 13.6. The van der Waals surface area contributed by atoms with E-state index in [0.717, 1.165) is 22.9 Å². The van der Waals surface area contributed by atoms with Gasteiger partial charge in [-0.1, -0.05) is 48.0 Å². The van der Waals surface area contributed by atoms with Crippen LogP contribution in [0.4, 0.5) is 13.2 Å². The normalized spacial score (nSPS) is 12.8. The van der Waals surface area contributed by atoms with Crippen LogP contribution in [0.25, 0.3) is 5.69 Å². The molecule has 4 aromatic rings. The van der Waals surface area contributed by atoms with E-state index in [0.29, 0.717) is 24.1 Å². The van der Waals surface area contributed by atoms with Crippen molar-refractivity contribution in [1.82, 2.24) is 15.1 Å². The van der Waals surface area contributed by atoms with Crippen molar-refractivity contribution in [2.45, 2.75) is 44.5 Å². The van der Waals surface area contributed by atoms with Gasteiger partial charge in [0.15, 0.2) is 5.60 Å². The highest BCUT2D eigenvalue weighted by Gasteiger charge is 2.32. The van der Waals surface area contributed by atoms with Gasteiger partial charge in [0.1, 0.15) is 5.75 Å². The number of nitrogens with one attached hydrogen (secondary N) is 1. The molecule has 1 heterocycles. The summed E-state index contributed by atoms with van der Waals surface area (Å²) in [6.07, 6.45) is -2.11. The molecule has 6 nitrogen and oxygen atoms in total. The van der Waals surface area contributed by atoms with E-state index in [1.54, 1.807) is 36.1 Å². The largest absolute Gasteiger partial charge is 0.478 e. The predicted molar refractivity (Wildman–Crippen MR) is 147 cm³/mol. The lowest BCUT2D eigenvalue weighted by atomic mass is 9.99. The maximum atomic E-state index is 13.6. The summed E-state index contributed by atoms with van der Waals surface area (Å²) in [5, 5.41) is 17.3. The third-order valence-corrected chi connectivity index (χ3v) is 6.89. The number of likely N-dealkylation sites (N-methyl/N-ethyl adjacent to an activating group) is 1. The van der Waals surface area contributed by atoms with Gasteiger partial charge < -0.3 is 15.2 Å². The number of aromatic nitrogens is 2. The van der Waals surface area contributed by atoms with Crippen molar-refractivity contribution >= 4 is 17.6 Å². The third-order valence-electron chi connectivity index (χ3n) is 6.59. The van der Waals surface area contributed by atoms with Crippen LogP contribution in [0.1, 0.15) is 47.8 Å². The number of carboxylic acids is 1. The number of hydrogen-bond donors (Lipinski definition) is 2. The van der Waals surface area contributed by atoms with E-state index in [9.17, 15) is 23.1 Å². The Morgan fingerprint density at radius 3 is 2.42 bits per heavy atom. The molecule has 0 spiro atoms. The Morgan fingerprint density at radius 1 is 1.07 bits per heavy atom. The first-order valence-electron chi connectivity index (χ1n) is 12.6. The third kappa shape index (κ3) is 6.66. The Kier molecular flexibility index (Phi) is 8.56. The fourth-order valence-electron chi connectivity index (χ4n) is 4.36. The first kappa shape index (κ1) is 29.2. The Labute approximate surface area is 235 Å². The average Bonchev–Trinajstić information content (AvgIpc) is 3.36. The number of carbonyl (C=O) groups is 1. The molecule has 0 aliphatic rings. The van der Waals surface area contributed by atoms with Gasteiger partial charge in [-0.3, -0.25) is 0 Å². The fourth-order valence-corrected chi connectivity index (χ4v) is 4.59. The molecule has 2 N–H and O–H groups in total. The van der Waals surface area contributed by atoms with Crippen LogP contribution < -0.4 is 10.1 Å². The van der Waals surface area contributed by atoms with Gasteiger partial charge in [-0.05, 0) is 80.4 Å². The minimum atomic E-state index is -4.47. The molecule has 0 fully saturated rings. The van der Waals surface area contributed by atoms with E-state index in [2.05, 4.69) is 10.4 Å². The van der Waals surface area contributed by atoms with Crippen molar-refractivity contribution in [2.75, 3.05) is 7.05 Å². The second-order valence-corrected chi connectivity index (χ2v) is 10.3. The topological polar surface area (TPSA) is 76.4 Å².